The van der Waals surface area contributed by atoms with Crippen LogP contribution in [0.15, 0.2) is 6.20 Å². The maximum atomic E-state index is 12.8. The van der Waals surface area contributed by atoms with Crippen molar-refractivity contribution < 1.29 is 28.2 Å². The van der Waals surface area contributed by atoms with Crippen molar-refractivity contribution in [2.75, 3.05) is 36.3 Å². The number of aromatic nitrogens is 2. The molecule has 10 nitrogen and oxygen atoms in total. The van der Waals surface area contributed by atoms with Gasteiger partial charge in [0, 0.05) is 26.7 Å². The number of nitrogens with zero attached hydrogens (tertiary/aromatic N) is 4. The summed E-state index contributed by atoms with van der Waals surface area (Å²) in [6, 6.07) is 0.994. The molecule has 2 amide bonds. The third-order valence-corrected chi connectivity index (χ3v) is 14.1. The van der Waals surface area contributed by atoms with Crippen LogP contribution in [-0.4, -0.2) is 77.1 Å². The Balaban J connectivity index is 1.38. The molecule has 37 heavy (non-hydrogen) atoms. The van der Waals surface area contributed by atoms with Gasteiger partial charge >= 0.3 is 6.09 Å². The van der Waals surface area contributed by atoms with E-state index in [4.69, 9.17) is 18.6 Å². The maximum absolute atomic E-state index is 12.8. The van der Waals surface area contributed by atoms with Crippen molar-refractivity contribution in [3.8, 4) is 5.88 Å². The topological polar surface area (TPSA) is 103 Å². The Morgan fingerprint density at radius 1 is 1.14 bits per heavy atom. The van der Waals surface area contributed by atoms with E-state index in [-0.39, 0.29) is 54.1 Å². The molecule has 0 N–H and O–H groups in total. The van der Waals surface area contributed by atoms with E-state index in [0.29, 0.717) is 19.0 Å². The summed E-state index contributed by atoms with van der Waals surface area (Å²) in [7, 11) is -3.07. The first-order valence-corrected chi connectivity index (χ1v) is 19.8. The van der Waals surface area contributed by atoms with Crippen LogP contribution in [-0.2, 0) is 18.7 Å². The summed E-state index contributed by atoms with van der Waals surface area (Å²) in [5.41, 5.74) is 0. The number of carbonyl (C=O) groups is 2. The summed E-state index contributed by atoms with van der Waals surface area (Å²) in [5.74, 6) is 0.868. The normalized spacial score (nSPS) is 24.5. The number of cyclic esters (lactones) is 1. The van der Waals surface area contributed by atoms with Crippen LogP contribution in [0, 0.1) is 5.92 Å². The Morgan fingerprint density at radius 3 is 2.49 bits per heavy atom. The van der Waals surface area contributed by atoms with Gasteiger partial charge in [0.1, 0.15) is 12.8 Å². The molecule has 3 heterocycles. The SMILES string of the molecule is CC(C)(C)[Si](C)(C)OC1CC(C2CN(c3cnc4c(n3)N(COCC[Si](C)(C)C)C(=O)CO4)C(=O)O2)C1. The molecule has 1 aromatic rings. The van der Waals surface area contributed by atoms with Gasteiger partial charge in [-0.3, -0.25) is 14.6 Å². The molecule has 206 valence electrons. The van der Waals surface area contributed by atoms with E-state index in [1.165, 1.54) is 16.0 Å². The molecule has 1 saturated carbocycles. The Labute approximate surface area is 222 Å². The highest BCUT2D eigenvalue weighted by molar-refractivity contribution is 6.76. The van der Waals surface area contributed by atoms with E-state index in [1.54, 1.807) is 0 Å². The molecule has 4 rings (SSSR count). The van der Waals surface area contributed by atoms with Gasteiger partial charge in [0.05, 0.1) is 12.7 Å². The molecule has 2 aliphatic heterocycles. The first kappa shape index (κ1) is 28.0. The number of fused-ring (bicyclic) bond motifs is 1. The van der Waals surface area contributed by atoms with Crippen molar-refractivity contribution in [3.05, 3.63) is 6.20 Å². The second kappa shape index (κ2) is 10.3. The molecule has 12 heteroatoms. The van der Waals surface area contributed by atoms with E-state index in [9.17, 15) is 9.59 Å². The number of anilines is 2. The van der Waals surface area contributed by atoms with Crippen LogP contribution < -0.4 is 14.5 Å². The lowest BCUT2D eigenvalue weighted by atomic mass is 9.78. The van der Waals surface area contributed by atoms with Crippen LogP contribution in [0.1, 0.15) is 33.6 Å². The van der Waals surface area contributed by atoms with Crippen molar-refractivity contribution in [1.29, 1.82) is 0 Å². The van der Waals surface area contributed by atoms with E-state index < -0.39 is 22.5 Å². The van der Waals surface area contributed by atoms with E-state index >= 15 is 0 Å². The smallest absolute Gasteiger partial charge is 0.416 e. The maximum Gasteiger partial charge on any atom is 0.416 e. The number of carbonyl (C=O) groups excluding carboxylic acids is 2. The van der Waals surface area contributed by atoms with Gasteiger partial charge in [0.2, 0.25) is 5.82 Å². The Kier molecular flexibility index (Phi) is 7.77. The van der Waals surface area contributed by atoms with Crippen LogP contribution in [0.3, 0.4) is 0 Å². The first-order chi connectivity index (χ1) is 17.1. The second-order valence-corrected chi connectivity index (χ2v) is 23.5. The fraction of sp³-hybridized carbons (Fsp3) is 0.760. The Hall–Kier alpha value is -2.03. The molecule has 2 fully saturated rings. The molecule has 3 aliphatic rings. The van der Waals surface area contributed by atoms with Gasteiger partial charge in [-0.1, -0.05) is 40.4 Å². The van der Waals surface area contributed by atoms with Crippen molar-refractivity contribution in [2.24, 2.45) is 5.92 Å². The average Bonchev–Trinajstić information content (AvgIpc) is 3.13. The number of hydrogen-bond donors (Lipinski definition) is 0. The zero-order valence-corrected chi connectivity index (χ0v) is 25.5. The lowest BCUT2D eigenvalue weighted by molar-refractivity contribution is -0.122. The van der Waals surface area contributed by atoms with Gasteiger partial charge in [0.25, 0.3) is 11.8 Å². The van der Waals surface area contributed by atoms with Crippen molar-refractivity contribution in [1.82, 2.24) is 9.97 Å². The molecular weight excluding hydrogens is 508 g/mol. The van der Waals surface area contributed by atoms with Gasteiger partial charge in [-0.15, -0.1) is 0 Å². The van der Waals surface area contributed by atoms with Crippen LogP contribution in [0.4, 0.5) is 16.4 Å². The van der Waals surface area contributed by atoms with Gasteiger partial charge in [-0.2, -0.15) is 0 Å². The standard InChI is InChI=1S/C25H42N4O6Si2/c1-25(2,3)37(7,8)35-18-11-17(12-18)19-14-28(24(31)34-19)20-13-26-23-22(27-20)29(21(30)15-33-23)16-32-9-10-36(4,5)6/h13,17-19H,9-12,14-16H2,1-8H3. The van der Waals surface area contributed by atoms with Crippen LogP contribution in [0.2, 0.25) is 43.8 Å². The fourth-order valence-corrected chi connectivity index (χ4v) is 6.41. The van der Waals surface area contributed by atoms with Crippen molar-refractivity contribution in [2.45, 2.75) is 89.6 Å². The van der Waals surface area contributed by atoms with E-state index in [1.807, 2.05) is 0 Å². The van der Waals surface area contributed by atoms with Crippen LogP contribution >= 0.6 is 0 Å². The highest BCUT2D eigenvalue weighted by Gasteiger charge is 2.47. The average molecular weight is 551 g/mol. The zero-order valence-electron chi connectivity index (χ0n) is 23.5. The minimum Gasteiger partial charge on any atom is -0.465 e. The molecular formula is C25H42N4O6Si2. The quantitative estimate of drug-likeness (QED) is 0.324. The summed E-state index contributed by atoms with van der Waals surface area (Å²) in [5, 5.41) is 0.165. The number of hydrogen-bond acceptors (Lipinski definition) is 8. The number of amides is 2. The third-order valence-electron chi connectivity index (χ3n) is 7.85. The molecule has 0 aromatic carbocycles. The highest BCUT2D eigenvalue weighted by Crippen LogP contribution is 2.44. The third kappa shape index (κ3) is 6.35. The lowest BCUT2D eigenvalue weighted by Gasteiger charge is -2.45. The van der Waals surface area contributed by atoms with Gasteiger partial charge in [0.15, 0.2) is 20.7 Å². The zero-order chi connectivity index (χ0) is 27.2. The molecule has 1 atom stereocenters. The summed E-state index contributed by atoms with van der Waals surface area (Å²) in [6.07, 6.45) is 2.82. The van der Waals surface area contributed by atoms with Gasteiger partial charge in [-0.25, -0.2) is 14.8 Å². The molecule has 1 unspecified atom stereocenters. The van der Waals surface area contributed by atoms with Gasteiger partial charge in [-0.05, 0) is 37.0 Å². The summed E-state index contributed by atoms with van der Waals surface area (Å²) in [4.78, 5) is 37.2. The monoisotopic (exact) mass is 550 g/mol. The molecule has 1 aliphatic carbocycles. The van der Waals surface area contributed by atoms with Crippen molar-refractivity contribution >= 4 is 40.0 Å². The molecule has 1 saturated heterocycles. The Morgan fingerprint density at radius 2 is 1.84 bits per heavy atom. The lowest BCUT2D eigenvalue weighted by Crippen LogP contribution is -2.49. The molecule has 0 bridgehead atoms. The predicted molar refractivity (Wildman–Crippen MR) is 146 cm³/mol. The number of ether oxygens (including phenoxy) is 3. The van der Waals surface area contributed by atoms with Crippen molar-refractivity contribution in [3.63, 3.8) is 0 Å². The second-order valence-electron chi connectivity index (χ2n) is 13.1. The van der Waals surface area contributed by atoms with E-state index in [0.717, 1.165) is 18.9 Å². The van der Waals surface area contributed by atoms with Gasteiger partial charge < -0.3 is 18.6 Å². The first-order valence-electron chi connectivity index (χ1n) is 13.2. The van der Waals surface area contributed by atoms with Crippen LogP contribution in [0.25, 0.3) is 0 Å². The molecule has 0 radical (unpaired) electrons. The summed E-state index contributed by atoms with van der Waals surface area (Å²) < 4.78 is 23.5. The predicted octanol–water partition coefficient (Wildman–Crippen LogP) is 4.64. The minimum atomic E-state index is -1.82. The highest BCUT2D eigenvalue weighted by atomic mass is 28.4. The molecule has 1 aromatic heterocycles. The minimum absolute atomic E-state index is 0.0720. The number of rotatable bonds is 9. The molecule has 0 spiro atoms. The van der Waals surface area contributed by atoms with E-state index in [2.05, 4.69) is 63.5 Å². The van der Waals surface area contributed by atoms with Crippen LogP contribution in [0.5, 0.6) is 5.88 Å². The largest absolute Gasteiger partial charge is 0.465 e. The summed E-state index contributed by atoms with van der Waals surface area (Å²) >= 11 is 0. The fourth-order valence-electron chi connectivity index (χ4n) is 4.28. The summed E-state index contributed by atoms with van der Waals surface area (Å²) in [6.45, 7) is 19.0. The Bertz CT molecular complexity index is 1020.